The zero-order chi connectivity index (χ0) is 14.8. The Morgan fingerprint density at radius 1 is 1.19 bits per heavy atom. The molecule has 0 radical (unpaired) electrons. The second-order valence-electron chi connectivity index (χ2n) is 5.95. The molecule has 2 aliphatic heterocycles. The highest BCUT2D eigenvalue weighted by atomic mass is 16.1. The maximum atomic E-state index is 11.5. The average molecular weight is 288 g/mol. The van der Waals surface area contributed by atoms with Crippen molar-refractivity contribution in [2.75, 3.05) is 48.7 Å². The number of hydrogen-bond acceptors (Lipinski definition) is 4. The van der Waals surface area contributed by atoms with Crippen molar-refractivity contribution in [2.45, 2.75) is 26.2 Å². The summed E-state index contributed by atoms with van der Waals surface area (Å²) in [6.45, 7) is 7.65. The third-order valence-corrected chi connectivity index (χ3v) is 4.40. The van der Waals surface area contributed by atoms with Gasteiger partial charge in [-0.3, -0.25) is 9.69 Å². The Hall–Kier alpha value is -1.75. The first kappa shape index (κ1) is 14.2. The van der Waals surface area contributed by atoms with E-state index >= 15 is 0 Å². The Balaban J connectivity index is 1.76. The van der Waals surface area contributed by atoms with E-state index < -0.39 is 0 Å². The summed E-state index contributed by atoms with van der Waals surface area (Å²) < 4.78 is 0. The summed E-state index contributed by atoms with van der Waals surface area (Å²) in [5, 5.41) is 2.91. The van der Waals surface area contributed by atoms with E-state index in [1.807, 2.05) is 6.07 Å². The van der Waals surface area contributed by atoms with Gasteiger partial charge in [0.15, 0.2) is 0 Å². The van der Waals surface area contributed by atoms with Crippen LogP contribution >= 0.6 is 0 Å². The molecule has 1 amide bonds. The monoisotopic (exact) mass is 288 g/mol. The molecule has 0 atom stereocenters. The minimum absolute atomic E-state index is 0.0860. The zero-order valence-electron chi connectivity index (χ0n) is 12.7. The lowest BCUT2D eigenvalue weighted by molar-refractivity contribution is -0.116. The highest BCUT2D eigenvalue weighted by molar-refractivity contribution is 5.95. The first-order valence-corrected chi connectivity index (χ1v) is 7.87. The molecule has 0 aliphatic carbocycles. The fraction of sp³-hybridized carbons (Fsp3) is 0.562. The molecule has 5 heteroatoms. The van der Waals surface area contributed by atoms with Crippen molar-refractivity contribution in [1.82, 2.24) is 4.90 Å². The van der Waals surface area contributed by atoms with Crippen LogP contribution in [0.15, 0.2) is 12.1 Å². The molecule has 1 saturated heterocycles. The van der Waals surface area contributed by atoms with Gasteiger partial charge in [-0.2, -0.15) is 0 Å². The fourth-order valence-electron chi connectivity index (χ4n) is 3.23. The number of carbonyl (C=O) groups is 1. The predicted molar refractivity (Wildman–Crippen MR) is 86.7 cm³/mol. The molecule has 0 unspecified atom stereocenters. The van der Waals surface area contributed by atoms with E-state index in [4.69, 9.17) is 5.73 Å². The molecule has 1 aromatic carbocycles. The number of nitrogen functional groups attached to an aromatic ring is 1. The molecule has 21 heavy (non-hydrogen) atoms. The molecular formula is C16H24N4O. The van der Waals surface area contributed by atoms with Crippen LogP contribution in [0, 0.1) is 0 Å². The van der Waals surface area contributed by atoms with E-state index in [9.17, 15) is 4.79 Å². The number of amides is 1. The summed E-state index contributed by atoms with van der Waals surface area (Å²) >= 11 is 0. The molecule has 5 nitrogen and oxygen atoms in total. The number of carbonyl (C=O) groups excluding carboxylic acids is 1. The summed E-state index contributed by atoms with van der Waals surface area (Å²) in [7, 11) is 0. The van der Waals surface area contributed by atoms with Crippen molar-refractivity contribution in [3.05, 3.63) is 17.7 Å². The lowest BCUT2D eigenvalue weighted by Crippen LogP contribution is -2.46. The van der Waals surface area contributed by atoms with Gasteiger partial charge in [-0.15, -0.1) is 0 Å². The van der Waals surface area contributed by atoms with E-state index in [0.29, 0.717) is 6.42 Å². The molecule has 0 saturated carbocycles. The molecule has 3 rings (SSSR count). The maximum absolute atomic E-state index is 11.5. The molecule has 1 fully saturated rings. The van der Waals surface area contributed by atoms with Gasteiger partial charge in [0.25, 0.3) is 0 Å². The molecule has 0 aromatic heterocycles. The van der Waals surface area contributed by atoms with Gasteiger partial charge < -0.3 is 16.0 Å². The van der Waals surface area contributed by atoms with Gasteiger partial charge >= 0.3 is 0 Å². The number of rotatable bonds is 3. The van der Waals surface area contributed by atoms with Crippen LogP contribution in [-0.2, 0) is 11.2 Å². The Morgan fingerprint density at radius 2 is 1.95 bits per heavy atom. The van der Waals surface area contributed by atoms with Gasteiger partial charge in [0, 0.05) is 38.3 Å². The Bertz CT molecular complexity index is 535. The Morgan fingerprint density at radius 3 is 2.67 bits per heavy atom. The minimum Gasteiger partial charge on any atom is -0.397 e. The second kappa shape index (κ2) is 5.93. The summed E-state index contributed by atoms with van der Waals surface area (Å²) in [5.41, 5.74) is 10.2. The topological polar surface area (TPSA) is 61.6 Å². The normalized spacial score (nSPS) is 19.3. The molecule has 2 aliphatic rings. The van der Waals surface area contributed by atoms with E-state index in [0.717, 1.165) is 49.7 Å². The molecule has 3 N–H and O–H groups in total. The van der Waals surface area contributed by atoms with Gasteiger partial charge in [-0.05, 0) is 37.1 Å². The molecular weight excluding hydrogens is 264 g/mol. The number of hydrogen-bond donors (Lipinski definition) is 2. The second-order valence-corrected chi connectivity index (χ2v) is 5.95. The number of fused-ring (bicyclic) bond motifs is 1. The molecule has 114 valence electrons. The largest absolute Gasteiger partial charge is 0.397 e. The Kier molecular flexibility index (Phi) is 4.01. The minimum atomic E-state index is 0.0860. The van der Waals surface area contributed by atoms with Crippen molar-refractivity contribution in [1.29, 1.82) is 0 Å². The molecule has 0 bridgehead atoms. The predicted octanol–water partition coefficient (Wildman–Crippen LogP) is 1.69. The molecule has 2 heterocycles. The van der Waals surface area contributed by atoms with Crippen LogP contribution in [0.3, 0.4) is 0 Å². The number of anilines is 3. The summed E-state index contributed by atoms with van der Waals surface area (Å²) in [5.74, 6) is 0.0860. The highest BCUT2D eigenvalue weighted by Crippen LogP contribution is 2.33. The van der Waals surface area contributed by atoms with E-state index in [1.165, 1.54) is 18.5 Å². The van der Waals surface area contributed by atoms with Gasteiger partial charge in [0.2, 0.25) is 5.91 Å². The van der Waals surface area contributed by atoms with Crippen LogP contribution in [0.1, 0.15) is 25.3 Å². The van der Waals surface area contributed by atoms with Crippen molar-refractivity contribution >= 4 is 23.0 Å². The van der Waals surface area contributed by atoms with Crippen LogP contribution in [-0.4, -0.2) is 43.5 Å². The third-order valence-electron chi connectivity index (χ3n) is 4.40. The number of nitrogens with zero attached hydrogens (tertiary/aromatic N) is 2. The first-order valence-electron chi connectivity index (χ1n) is 7.87. The van der Waals surface area contributed by atoms with Crippen LogP contribution < -0.4 is 16.0 Å². The number of nitrogens with one attached hydrogen (secondary N) is 1. The quantitative estimate of drug-likeness (QED) is 0.831. The van der Waals surface area contributed by atoms with Gasteiger partial charge in [0.1, 0.15) is 0 Å². The smallest absolute Gasteiger partial charge is 0.224 e. The Labute approximate surface area is 126 Å². The zero-order valence-corrected chi connectivity index (χ0v) is 12.7. The van der Waals surface area contributed by atoms with Crippen LogP contribution in [0.25, 0.3) is 0 Å². The standard InChI is InChI=1S/C16H24N4O/c1-2-5-19-6-8-20(9-7-19)15-10-12-3-4-16(21)18-14(12)11-13(15)17/h10-11H,2-9,17H2,1H3,(H,18,21). The van der Waals surface area contributed by atoms with Gasteiger partial charge in [0.05, 0.1) is 11.4 Å². The van der Waals surface area contributed by atoms with Crippen molar-refractivity contribution < 1.29 is 4.79 Å². The number of benzene rings is 1. The third kappa shape index (κ3) is 2.97. The van der Waals surface area contributed by atoms with Crippen LogP contribution in [0.5, 0.6) is 0 Å². The first-order chi connectivity index (χ1) is 10.2. The SMILES string of the molecule is CCCN1CCN(c2cc3c(cc2N)NC(=O)CC3)CC1. The van der Waals surface area contributed by atoms with E-state index in [2.05, 4.69) is 28.1 Å². The number of nitrogens with two attached hydrogens (primary N) is 1. The van der Waals surface area contributed by atoms with Crippen LogP contribution in [0.2, 0.25) is 0 Å². The van der Waals surface area contributed by atoms with Crippen molar-refractivity contribution in [2.24, 2.45) is 0 Å². The summed E-state index contributed by atoms with van der Waals surface area (Å²) in [6.07, 6.45) is 2.59. The van der Waals surface area contributed by atoms with Crippen LogP contribution in [0.4, 0.5) is 17.1 Å². The van der Waals surface area contributed by atoms with E-state index in [-0.39, 0.29) is 5.91 Å². The fourth-order valence-corrected chi connectivity index (χ4v) is 3.23. The van der Waals surface area contributed by atoms with Gasteiger partial charge in [-0.1, -0.05) is 6.92 Å². The lowest BCUT2D eigenvalue weighted by Gasteiger charge is -2.37. The molecule has 1 aromatic rings. The lowest BCUT2D eigenvalue weighted by atomic mass is 10.0. The van der Waals surface area contributed by atoms with E-state index in [1.54, 1.807) is 0 Å². The summed E-state index contributed by atoms with van der Waals surface area (Å²) in [4.78, 5) is 16.3. The maximum Gasteiger partial charge on any atom is 0.224 e. The molecule has 0 spiro atoms. The average Bonchev–Trinajstić information content (AvgIpc) is 2.48. The van der Waals surface area contributed by atoms with Crippen molar-refractivity contribution in [3.63, 3.8) is 0 Å². The highest BCUT2D eigenvalue weighted by Gasteiger charge is 2.21. The number of aryl methyl sites for hydroxylation is 1. The van der Waals surface area contributed by atoms with Crippen molar-refractivity contribution in [3.8, 4) is 0 Å². The van der Waals surface area contributed by atoms with Gasteiger partial charge in [-0.25, -0.2) is 0 Å². The summed E-state index contributed by atoms with van der Waals surface area (Å²) in [6, 6.07) is 4.08. The number of piperazine rings is 1.